The number of ether oxygens (including phenoxy) is 1. The highest BCUT2D eigenvalue weighted by atomic mass is 16.5. The molecular weight excluding hydrogens is 268 g/mol. The van der Waals surface area contributed by atoms with Crippen molar-refractivity contribution in [1.82, 2.24) is 0 Å². The van der Waals surface area contributed by atoms with Crippen LogP contribution in [0.4, 0.5) is 0 Å². The molecule has 110 valence electrons. The van der Waals surface area contributed by atoms with E-state index >= 15 is 0 Å². The Morgan fingerprint density at radius 1 is 0.500 bits per heavy atom. The monoisotopic (exact) mass is 288 g/mol. The summed E-state index contributed by atoms with van der Waals surface area (Å²) < 4.78 is 5.81. The Morgan fingerprint density at radius 2 is 1.00 bits per heavy atom. The molecule has 0 aromatic heterocycles. The molecule has 0 aliphatic rings. The van der Waals surface area contributed by atoms with Gasteiger partial charge < -0.3 is 4.74 Å². The second-order valence-electron chi connectivity index (χ2n) is 5.40. The SMILES string of the molecule is c1ccc(CCc2ccc(OCc3ccccc3)cc2)cc1. The Morgan fingerprint density at radius 3 is 1.59 bits per heavy atom. The summed E-state index contributed by atoms with van der Waals surface area (Å²) >= 11 is 0. The van der Waals surface area contributed by atoms with Gasteiger partial charge in [0.15, 0.2) is 0 Å². The maximum atomic E-state index is 5.81. The van der Waals surface area contributed by atoms with Crippen molar-refractivity contribution in [3.63, 3.8) is 0 Å². The van der Waals surface area contributed by atoms with Gasteiger partial charge in [-0.3, -0.25) is 0 Å². The highest BCUT2D eigenvalue weighted by molar-refractivity contribution is 5.28. The van der Waals surface area contributed by atoms with Crippen molar-refractivity contribution in [2.24, 2.45) is 0 Å². The molecule has 0 saturated carbocycles. The van der Waals surface area contributed by atoms with Gasteiger partial charge in [0.25, 0.3) is 0 Å². The first-order valence-corrected chi connectivity index (χ1v) is 7.70. The van der Waals surface area contributed by atoms with Crippen molar-refractivity contribution in [3.8, 4) is 5.75 Å². The zero-order valence-electron chi connectivity index (χ0n) is 12.6. The first-order chi connectivity index (χ1) is 10.9. The molecule has 3 aromatic carbocycles. The molecule has 3 aromatic rings. The smallest absolute Gasteiger partial charge is 0.119 e. The largest absolute Gasteiger partial charge is 0.489 e. The van der Waals surface area contributed by atoms with Crippen LogP contribution in [0.15, 0.2) is 84.9 Å². The number of benzene rings is 3. The van der Waals surface area contributed by atoms with Gasteiger partial charge in [0.05, 0.1) is 0 Å². The third kappa shape index (κ3) is 4.23. The van der Waals surface area contributed by atoms with Crippen molar-refractivity contribution in [2.45, 2.75) is 19.4 Å². The van der Waals surface area contributed by atoms with Crippen molar-refractivity contribution in [1.29, 1.82) is 0 Å². The Hall–Kier alpha value is -2.54. The molecule has 0 atom stereocenters. The van der Waals surface area contributed by atoms with Crippen LogP contribution in [0.1, 0.15) is 16.7 Å². The molecule has 0 aliphatic carbocycles. The lowest BCUT2D eigenvalue weighted by atomic mass is 10.0. The van der Waals surface area contributed by atoms with Gasteiger partial charge in [0.1, 0.15) is 12.4 Å². The van der Waals surface area contributed by atoms with Crippen LogP contribution in [0, 0.1) is 0 Å². The van der Waals surface area contributed by atoms with E-state index in [4.69, 9.17) is 4.74 Å². The summed E-state index contributed by atoms with van der Waals surface area (Å²) in [6, 6.07) is 29.3. The average Bonchev–Trinajstić information content (AvgIpc) is 2.61. The molecule has 0 amide bonds. The fraction of sp³-hybridized carbons (Fsp3) is 0.143. The lowest BCUT2D eigenvalue weighted by Gasteiger charge is -2.07. The molecule has 3 rings (SSSR count). The van der Waals surface area contributed by atoms with Gasteiger partial charge in [-0.2, -0.15) is 0 Å². The van der Waals surface area contributed by atoms with Crippen LogP contribution < -0.4 is 4.74 Å². The summed E-state index contributed by atoms with van der Waals surface area (Å²) in [6.07, 6.45) is 2.13. The number of hydrogen-bond donors (Lipinski definition) is 0. The first-order valence-electron chi connectivity index (χ1n) is 7.70. The van der Waals surface area contributed by atoms with Crippen LogP contribution in [0.2, 0.25) is 0 Å². The quantitative estimate of drug-likeness (QED) is 0.616. The molecule has 22 heavy (non-hydrogen) atoms. The normalized spacial score (nSPS) is 10.4. The van der Waals surface area contributed by atoms with E-state index in [0.29, 0.717) is 6.61 Å². The van der Waals surface area contributed by atoms with E-state index in [0.717, 1.165) is 18.6 Å². The van der Waals surface area contributed by atoms with Crippen LogP contribution in [0.3, 0.4) is 0 Å². The third-order valence-corrected chi connectivity index (χ3v) is 3.72. The zero-order chi connectivity index (χ0) is 15.0. The highest BCUT2D eigenvalue weighted by Crippen LogP contribution is 2.15. The number of hydrogen-bond acceptors (Lipinski definition) is 1. The van der Waals surface area contributed by atoms with Crippen molar-refractivity contribution in [2.75, 3.05) is 0 Å². The summed E-state index contributed by atoms with van der Waals surface area (Å²) in [6.45, 7) is 0.615. The molecule has 0 spiro atoms. The maximum absolute atomic E-state index is 5.81. The second kappa shape index (κ2) is 7.46. The van der Waals surface area contributed by atoms with Gasteiger partial charge >= 0.3 is 0 Å². The molecule has 0 unspecified atom stereocenters. The molecular formula is C21H20O. The first kappa shape index (κ1) is 14.4. The van der Waals surface area contributed by atoms with E-state index in [1.807, 2.05) is 18.2 Å². The molecule has 0 fully saturated rings. The van der Waals surface area contributed by atoms with Gasteiger partial charge in [-0.05, 0) is 41.7 Å². The predicted molar refractivity (Wildman–Crippen MR) is 91.1 cm³/mol. The van der Waals surface area contributed by atoms with Gasteiger partial charge in [-0.1, -0.05) is 72.8 Å². The van der Waals surface area contributed by atoms with Gasteiger partial charge in [0, 0.05) is 0 Å². The summed E-state index contributed by atoms with van der Waals surface area (Å²) in [5, 5.41) is 0. The summed E-state index contributed by atoms with van der Waals surface area (Å²) in [5.41, 5.74) is 3.92. The minimum atomic E-state index is 0.615. The molecule has 0 aliphatic heterocycles. The fourth-order valence-electron chi connectivity index (χ4n) is 2.43. The van der Waals surface area contributed by atoms with Crippen LogP contribution in [0.5, 0.6) is 5.75 Å². The third-order valence-electron chi connectivity index (χ3n) is 3.72. The molecule has 0 saturated heterocycles. The summed E-state index contributed by atoms with van der Waals surface area (Å²) in [5.74, 6) is 0.923. The molecule has 0 heterocycles. The molecule has 1 heteroatoms. The standard InChI is InChI=1S/C21H20O/c1-3-7-18(8-4-1)11-12-19-13-15-21(16-14-19)22-17-20-9-5-2-6-10-20/h1-10,13-16H,11-12,17H2. The highest BCUT2D eigenvalue weighted by Gasteiger charge is 1.98. The number of rotatable bonds is 6. The van der Waals surface area contributed by atoms with Crippen molar-refractivity contribution in [3.05, 3.63) is 102 Å². The Kier molecular flexibility index (Phi) is 4.88. The molecule has 0 radical (unpaired) electrons. The Bertz CT molecular complexity index is 610. The van der Waals surface area contributed by atoms with Crippen molar-refractivity contribution < 1.29 is 4.74 Å². The molecule has 0 bridgehead atoms. The van der Waals surface area contributed by atoms with E-state index in [1.54, 1.807) is 0 Å². The fourth-order valence-corrected chi connectivity index (χ4v) is 2.43. The van der Waals surface area contributed by atoms with Crippen LogP contribution in [-0.2, 0) is 19.4 Å². The molecule has 0 N–H and O–H groups in total. The van der Waals surface area contributed by atoms with Crippen LogP contribution in [0.25, 0.3) is 0 Å². The zero-order valence-corrected chi connectivity index (χ0v) is 12.6. The van der Waals surface area contributed by atoms with Crippen molar-refractivity contribution >= 4 is 0 Å². The average molecular weight is 288 g/mol. The second-order valence-corrected chi connectivity index (χ2v) is 5.40. The summed E-state index contributed by atoms with van der Waals surface area (Å²) in [7, 11) is 0. The Balaban J connectivity index is 1.52. The summed E-state index contributed by atoms with van der Waals surface area (Å²) in [4.78, 5) is 0. The van der Waals surface area contributed by atoms with Gasteiger partial charge in [0.2, 0.25) is 0 Å². The van der Waals surface area contributed by atoms with Gasteiger partial charge in [-0.15, -0.1) is 0 Å². The minimum absolute atomic E-state index is 0.615. The van der Waals surface area contributed by atoms with E-state index < -0.39 is 0 Å². The van der Waals surface area contributed by atoms with E-state index in [2.05, 4.69) is 66.7 Å². The Labute approximate surface area is 132 Å². The molecule has 1 nitrogen and oxygen atoms in total. The minimum Gasteiger partial charge on any atom is -0.489 e. The maximum Gasteiger partial charge on any atom is 0.119 e. The van der Waals surface area contributed by atoms with Gasteiger partial charge in [-0.25, -0.2) is 0 Å². The van der Waals surface area contributed by atoms with E-state index in [1.165, 1.54) is 16.7 Å². The predicted octanol–water partition coefficient (Wildman–Crippen LogP) is 5.05. The number of aryl methyl sites for hydroxylation is 2. The van der Waals surface area contributed by atoms with E-state index in [9.17, 15) is 0 Å². The van der Waals surface area contributed by atoms with Crippen LogP contribution in [-0.4, -0.2) is 0 Å². The van der Waals surface area contributed by atoms with Crippen LogP contribution >= 0.6 is 0 Å². The van der Waals surface area contributed by atoms with E-state index in [-0.39, 0.29) is 0 Å². The lowest BCUT2D eigenvalue weighted by Crippen LogP contribution is -1.95. The topological polar surface area (TPSA) is 9.23 Å². The lowest BCUT2D eigenvalue weighted by molar-refractivity contribution is 0.306.